The molecule has 126 valence electrons. The zero-order valence-electron chi connectivity index (χ0n) is 12.4. The van der Waals surface area contributed by atoms with Crippen LogP contribution in [0.15, 0.2) is 42.5 Å². The third-order valence-corrected chi connectivity index (χ3v) is 3.22. The lowest BCUT2D eigenvalue weighted by molar-refractivity contribution is -0.115. The van der Waals surface area contributed by atoms with Crippen LogP contribution in [0.2, 0.25) is 5.02 Å². The molecule has 0 spiro atoms. The molecule has 2 rings (SSSR count). The van der Waals surface area contributed by atoms with E-state index in [1.165, 1.54) is 36.4 Å². The summed E-state index contributed by atoms with van der Waals surface area (Å²) in [5, 5.41) is 7.37. The highest BCUT2D eigenvalue weighted by molar-refractivity contribution is 6.30. The van der Waals surface area contributed by atoms with Gasteiger partial charge in [0.1, 0.15) is 11.6 Å². The third kappa shape index (κ3) is 5.51. The van der Waals surface area contributed by atoms with Crippen molar-refractivity contribution in [3.05, 3.63) is 64.7 Å². The highest BCUT2D eigenvalue weighted by atomic mass is 35.5. The number of hydrogen-bond donors (Lipinski definition) is 3. The zero-order chi connectivity index (χ0) is 17.5. The Balaban J connectivity index is 1.74. The highest BCUT2D eigenvalue weighted by Gasteiger charge is 2.09. The van der Waals surface area contributed by atoms with E-state index in [4.69, 9.17) is 11.6 Å². The SMILES string of the molecule is O=C(CNC(=O)NCc1ccc(F)cc1)Nc1ccc(Cl)cc1F. The number of nitrogens with one attached hydrogen (secondary N) is 3. The molecular weight excluding hydrogens is 340 g/mol. The molecule has 8 heteroatoms. The molecule has 3 N–H and O–H groups in total. The Bertz CT molecular complexity index is 739. The normalized spacial score (nSPS) is 10.1. The van der Waals surface area contributed by atoms with E-state index in [1.807, 2.05) is 0 Å². The lowest BCUT2D eigenvalue weighted by Crippen LogP contribution is -2.39. The summed E-state index contributed by atoms with van der Waals surface area (Å²) in [6, 6.07) is 8.88. The Morgan fingerprint density at radius 1 is 1.00 bits per heavy atom. The largest absolute Gasteiger partial charge is 0.334 e. The Morgan fingerprint density at radius 2 is 1.71 bits per heavy atom. The molecule has 0 radical (unpaired) electrons. The van der Waals surface area contributed by atoms with Crippen molar-refractivity contribution >= 4 is 29.2 Å². The van der Waals surface area contributed by atoms with Crippen LogP contribution in [0.25, 0.3) is 0 Å². The quantitative estimate of drug-likeness (QED) is 0.773. The van der Waals surface area contributed by atoms with Gasteiger partial charge in [0, 0.05) is 11.6 Å². The number of rotatable bonds is 5. The van der Waals surface area contributed by atoms with Crippen molar-refractivity contribution in [2.24, 2.45) is 0 Å². The molecule has 0 aliphatic heterocycles. The summed E-state index contributed by atoms with van der Waals surface area (Å²) < 4.78 is 26.3. The smallest absolute Gasteiger partial charge is 0.315 e. The zero-order valence-corrected chi connectivity index (χ0v) is 13.2. The van der Waals surface area contributed by atoms with Gasteiger partial charge in [0.05, 0.1) is 12.2 Å². The fourth-order valence-electron chi connectivity index (χ4n) is 1.79. The van der Waals surface area contributed by atoms with Crippen LogP contribution in [0.5, 0.6) is 0 Å². The summed E-state index contributed by atoms with van der Waals surface area (Å²) in [6.07, 6.45) is 0. The second-order valence-corrected chi connectivity index (χ2v) is 5.27. The summed E-state index contributed by atoms with van der Waals surface area (Å²) in [7, 11) is 0. The van der Waals surface area contributed by atoms with Crippen LogP contribution < -0.4 is 16.0 Å². The van der Waals surface area contributed by atoms with Crippen LogP contribution in [0.1, 0.15) is 5.56 Å². The molecule has 0 heterocycles. The van der Waals surface area contributed by atoms with E-state index in [9.17, 15) is 18.4 Å². The molecular formula is C16H14ClF2N3O2. The average molecular weight is 354 g/mol. The third-order valence-electron chi connectivity index (χ3n) is 2.98. The summed E-state index contributed by atoms with van der Waals surface area (Å²) >= 11 is 5.61. The van der Waals surface area contributed by atoms with Crippen molar-refractivity contribution in [2.45, 2.75) is 6.54 Å². The van der Waals surface area contributed by atoms with Gasteiger partial charge in [-0.05, 0) is 35.9 Å². The van der Waals surface area contributed by atoms with Crippen LogP contribution in [0.3, 0.4) is 0 Å². The first-order chi connectivity index (χ1) is 11.4. The van der Waals surface area contributed by atoms with Crippen molar-refractivity contribution in [1.29, 1.82) is 0 Å². The van der Waals surface area contributed by atoms with E-state index < -0.39 is 17.8 Å². The molecule has 0 atom stereocenters. The fourth-order valence-corrected chi connectivity index (χ4v) is 1.95. The molecule has 0 fully saturated rings. The Kier molecular flexibility index (Phi) is 6.08. The number of amides is 3. The Labute approximate surface area is 142 Å². The molecule has 0 bridgehead atoms. The van der Waals surface area contributed by atoms with Gasteiger partial charge in [-0.15, -0.1) is 0 Å². The number of carbonyl (C=O) groups is 2. The van der Waals surface area contributed by atoms with Crippen molar-refractivity contribution < 1.29 is 18.4 Å². The molecule has 0 aromatic heterocycles. The minimum atomic E-state index is -0.670. The summed E-state index contributed by atoms with van der Waals surface area (Å²) in [5.74, 6) is -1.63. The van der Waals surface area contributed by atoms with Gasteiger partial charge in [-0.1, -0.05) is 23.7 Å². The molecule has 2 aromatic rings. The van der Waals surface area contributed by atoms with E-state index in [0.29, 0.717) is 5.56 Å². The lowest BCUT2D eigenvalue weighted by Gasteiger charge is -2.09. The van der Waals surface area contributed by atoms with Gasteiger partial charge in [0.15, 0.2) is 0 Å². The van der Waals surface area contributed by atoms with Crippen molar-refractivity contribution in [1.82, 2.24) is 10.6 Å². The minimum absolute atomic E-state index is 0.0297. The number of benzene rings is 2. The molecule has 2 aromatic carbocycles. The topological polar surface area (TPSA) is 70.2 Å². The van der Waals surface area contributed by atoms with Gasteiger partial charge in [0.25, 0.3) is 0 Å². The van der Waals surface area contributed by atoms with Crippen LogP contribution in [0.4, 0.5) is 19.3 Å². The van der Waals surface area contributed by atoms with Gasteiger partial charge in [-0.2, -0.15) is 0 Å². The van der Waals surface area contributed by atoms with Gasteiger partial charge < -0.3 is 16.0 Å². The van der Waals surface area contributed by atoms with E-state index in [2.05, 4.69) is 16.0 Å². The average Bonchev–Trinajstić information content (AvgIpc) is 2.55. The molecule has 3 amide bonds. The van der Waals surface area contributed by atoms with Crippen LogP contribution in [0, 0.1) is 11.6 Å². The number of anilines is 1. The molecule has 5 nitrogen and oxygen atoms in total. The fraction of sp³-hybridized carbons (Fsp3) is 0.125. The van der Waals surface area contributed by atoms with E-state index in [0.717, 1.165) is 6.07 Å². The minimum Gasteiger partial charge on any atom is -0.334 e. The number of halogens is 3. The van der Waals surface area contributed by atoms with Crippen molar-refractivity contribution in [3.63, 3.8) is 0 Å². The van der Waals surface area contributed by atoms with Crippen molar-refractivity contribution in [3.8, 4) is 0 Å². The van der Waals surface area contributed by atoms with Gasteiger partial charge in [-0.3, -0.25) is 4.79 Å². The van der Waals surface area contributed by atoms with E-state index in [-0.39, 0.29) is 29.6 Å². The molecule has 24 heavy (non-hydrogen) atoms. The lowest BCUT2D eigenvalue weighted by atomic mass is 10.2. The maximum absolute atomic E-state index is 13.5. The molecule has 0 saturated carbocycles. The first-order valence-electron chi connectivity index (χ1n) is 6.95. The standard InChI is InChI=1S/C16H14ClF2N3O2/c17-11-3-6-14(13(19)7-11)22-15(23)9-21-16(24)20-8-10-1-4-12(18)5-2-10/h1-7H,8-9H2,(H,22,23)(H2,20,21,24). The monoisotopic (exact) mass is 353 g/mol. The molecule has 0 saturated heterocycles. The van der Waals surface area contributed by atoms with E-state index >= 15 is 0 Å². The maximum Gasteiger partial charge on any atom is 0.315 e. The predicted octanol–water partition coefficient (Wildman–Crippen LogP) is 3.06. The highest BCUT2D eigenvalue weighted by Crippen LogP contribution is 2.18. The van der Waals surface area contributed by atoms with Crippen molar-refractivity contribution in [2.75, 3.05) is 11.9 Å². The summed E-state index contributed by atoms with van der Waals surface area (Å²) in [5.41, 5.74) is 0.678. The van der Waals surface area contributed by atoms with Gasteiger partial charge in [-0.25, -0.2) is 13.6 Å². The second kappa shape index (κ2) is 8.26. The first-order valence-corrected chi connectivity index (χ1v) is 7.33. The molecule has 0 aliphatic rings. The first kappa shape index (κ1) is 17.7. The Hall–Kier alpha value is -2.67. The molecule has 0 unspecified atom stereocenters. The summed E-state index contributed by atoms with van der Waals surface area (Å²) in [4.78, 5) is 23.3. The predicted molar refractivity (Wildman–Crippen MR) is 86.7 cm³/mol. The van der Waals surface area contributed by atoms with Crippen LogP contribution >= 0.6 is 11.6 Å². The second-order valence-electron chi connectivity index (χ2n) is 4.84. The van der Waals surface area contributed by atoms with Crippen LogP contribution in [-0.2, 0) is 11.3 Å². The maximum atomic E-state index is 13.5. The number of carbonyl (C=O) groups excluding carboxylic acids is 2. The summed E-state index contributed by atoms with van der Waals surface area (Å²) in [6.45, 7) is -0.156. The number of urea groups is 1. The van der Waals surface area contributed by atoms with Crippen LogP contribution in [-0.4, -0.2) is 18.5 Å². The van der Waals surface area contributed by atoms with Gasteiger partial charge in [0.2, 0.25) is 5.91 Å². The van der Waals surface area contributed by atoms with Gasteiger partial charge >= 0.3 is 6.03 Å². The number of hydrogen-bond acceptors (Lipinski definition) is 2. The van der Waals surface area contributed by atoms with E-state index in [1.54, 1.807) is 0 Å². The Morgan fingerprint density at radius 3 is 2.38 bits per heavy atom. The molecule has 0 aliphatic carbocycles.